The first-order chi connectivity index (χ1) is 7.54. The Morgan fingerprint density at radius 3 is 1.56 bits per heavy atom. The van der Waals surface area contributed by atoms with Crippen LogP contribution in [0.1, 0.15) is 11.1 Å². The lowest BCUT2D eigenvalue weighted by Gasteiger charge is -2.05. The SMILES string of the molecule is Cc1cc(C)cc(-c2cc(F)cc(F)c2)c1. The summed E-state index contributed by atoms with van der Waals surface area (Å²) >= 11 is 0. The quantitative estimate of drug-likeness (QED) is 0.671. The summed E-state index contributed by atoms with van der Waals surface area (Å²) in [6, 6.07) is 9.43. The van der Waals surface area contributed by atoms with Gasteiger partial charge in [-0.05, 0) is 37.1 Å². The highest BCUT2D eigenvalue weighted by Gasteiger charge is 2.04. The van der Waals surface area contributed by atoms with Crippen molar-refractivity contribution in [2.75, 3.05) is 0 Å². The molecule has 0 atom stereocenters. The molecule has 0 fully saturated rings. The number of hydrogen-bond acceptors (Lipinski definition) is 0. The van der Waals surface area contributed by atoms with Crippen molar-refractivity contribution in [3.63, 3.8) is 0 Å². The first-order valence-electron chi connectivity index (χ1n) is 5.09. The number of aryl methyl sites for hydroxylation is 2. The Bertz CT molecular complexity index is 440. The number of hydrogen-bond donors (Lipinski definition) is 0. The lowest BCUT2D eigenvalue weighted by atomic mass is 10.0. The van der Waals surface area contributed by atoms with E-state index in [2.05, 4.69) is 0 Å². The second-order valence-electron chi connectivity index (χ2n) is 4.03. The molecular weight excluding hydrogens is 206 g/mol. The van der Waals surface area contributed by atoms with Crippen LogP contribution in [0.2, 0.25) is 0 Å². The minimum atomic E-state index is -0.547. The van der Waals surface area contributed by atoms with Gasteiger partial charge in [0.1, 0.15) is 11.6 Å². The van der Waals surface area contributed by atoms with Crippen molar-refractivity contribution in [2.45, 2.75) is 13.8 Å². The maximum Gasteiger partial charge on any atom is 0.126 e. The third kappa shape index (κ3) is 2.27. The molecule has 0 aliphatic heterocycles. The van der Waals surface area contributed by atoms with E-state index in [1.54, 1.807) is 0 Å². The van der Waals surface area contributed by atoms with Crippen LogP contribution in [0.25, 0.3) is 11.1 Å². The number of rotatable bonds is 1. The summed E-state index contributed by atoms with van der Waals surface area (Å²) in [4.78, 5) is 0. The number of benzene rings is 2. The average molecular weight is 218 g/mol. The van der Waals surface area contributed by atoms with Gasteiger partial charge in [0.15, 0.2) is 0 Å². The van der Waals surface area contributed by atoms with E-state index >= 15 is 0 Å². The van der Waals surface area contributed by atoms with Gasteiger partial charge in [0.2, 0.25) is 0 Å². The molecule has 0 aliphatic rings. The predicted molar refractivity (Wildman–Crippen MR) is 61.3 cm³/mol. The molecule has 0 spiro atoms. The van der Waals surface area contributed by atoms with Crippen molar-refractivity contribution in [3.05, 3.63) is 59.2 Å². The van der Waals surface area contributed by atoms with E-state index in [-0.39, 0.29) is 0 Å². The molecule has 0 amide bonds. The van der Waals surface area contributed by atoms with Gasteiger partial charge >= 0.3 is 0 Å². The van der Waals surface area contributed by atoms with Crippen LogP contribution in [0.5, 0.6) is 0 Å². The predicted octanol–water partition coefficient (Wildman–Crippen LogP) is 4.25. The van der Waals surface area contributed by atoms with Crippen LogP contribution in [0, 0.1) is 25.5 Å². The Balaban J connectivity index is 2.57. The summed E-state index contributed by atoms with van der Waals surface area (Å²) in [5, 5.41) is 0. The van der Waals surface area contributed by atoms with E-state index in [9.17, 15) is 8.78 Å². The summed E-state index contributed by atoms with van der Waals surface area (Å²) in [7, 11) is 0. The van der Waals surface area contributed by atoms with Gasteiger partial charge < -0.3 is 0 Å². The molecule has 0 unspecified atom stereocenters. The van der Waals surface area contributed by atoms with Crippen molar-refractivity contribution in [1.82, 2.24) is 0 Å². The topological polar surface area (TPSA) is 0 Å². The smallest absolute Gasteiger partial charge is 0.126 e. The molecule has 0 saturated heterocycles. The first-order valence-corrected chi connectivity index (χ1v) is 5.09. The second kappa shape index (κ2) is 4.05. The maximum atomic E-state index is 13.1. The maximum absolute atomic E-state index is 13.1. The van der Waals surface area contributed by atoms with E-state index in [0.29, 0.717) is 5.56 Å². The highest BCUT2D eigenvalue weighted by Crippen LogP contribution is 2.23. The highest BCUT2D eigenvalue weighted by atomic mass is 19.1. The van der Waals surface area contributed by atoms with Crippen LogP contribution in [0.15, 0.2) is 36.4 Å². The molecule has 0 aliphatic carbocycles. The molecule has 0 heterocycles. The van der Waals surface area contributed by atoms with Crippen LogP contribution in [-0.4, -0.2) is 0 Å². The lowest BCUT2D eigenvalue weighted by molar-refractivity contribution is 0.584. The van der Waals surface area contributed by atoms with Gasteiger partial charge in [0.05, 0.1) is 0 Å². The fourth-order valence-electron chi connectivity index (χ4n) is 1.86. The van der Waals surface area contributed by atoms with Crippen LogP contribution in [0.3, 0.4) is 0 Å². The van der Waals surface area contributed by atoms with Gasteiger partial charge in [-0.3, -0.25) is 0 Å². The fraction of sp³-hybridized carbons (Fsp3) is 0.143. The zero-order valence-corrected chi connectivity index (χ0v) is 9.22. The monoisotopic (exact) mass is 218 g/mol. The van der Waals surface area contributed by atoms with Crippen molar-refractivity contribution >= 4 is 0 Å². The van der Waals surface area contributed by atoms with Crippen molar-refractivity contribution < 1.29 is 8.78 Å². The molecule has 82 valence electrons. The van der Waals surface area contributed by atoms with Gasteiger partial charge in [0, 0.05) is 6.07 Å². The van der Waals surface area contributed by atoms with E-state index in [1.807, 2.05) is 32.0 Å². The van der Waals surface area contributed by atoms with Crippen LogP contribution in [-0.2, 0) is 0 Å². The molecule has 2 aromatic rings. The Labute approximate surface area is 93.5 Å². The van der Waals surface area contributed by atoms with Gasteiger partial charge in [-0.15, -0.1) is 0 Å². The van der Waals surface area contributed by atoms with Gasteiger partial charge in [-0.2, -0.15) is 0 Å². The number of halogens is 2. The van der Waals surface area contributed by atoms with Crippen LogP contribution in [0.4, 0.5) is 8.78 Å². The largest absolute Gasteiger partial charge is 0.207 e. The zero-order valence-electron chi connectivity index (χ0n) is 9.22. The van der Waals surface area contributed by atoms with E-state index in [4.69, 9.17) is 0 Å². The summed E-state index contributed by atoms with van der Waals surface area (Å²) in [5.41, 5.74) is 3.58. The van der Waals surface area contributed by atoms with E-state index in [1.165, 1.54) is 12.1 Å². The van der Waals surface area contributed by atoms with Crippen LogP contribution < -0.4 is 0 Å². The van der Waals surface area contributed by atoms with Crippen molar-refractivity contribution in [3.8, 4) is 11.1 Å². The molecule has 0 N–H and O–H groups in total. The zero-order chi connectivity index (χ0) is 11.7. The molecule has 2 heteroatoms. The average Bonchev–Trinajstić information content (AvgIpc) is 2.14. The van der Waals surface area contributed by atoms with Gasteiger partial charge in [-0.1, -0.05) is 29.3 Å². The molecule has 0 bridgehead atoms. The lowest BCUT2D eigenvalue weighted by Crippen LogP contribution is -1.86. The van der Waals surface area contributed by atoms with Crippen molar-refractivity contribution in [2.24, 2.45) is 0 Å². The summed E-state index contributed by atoms with van der Waals surface area (Å²) < 4.78 is 26.1. The molecule has 2 aromatic carbocycles. The minimum Gasteiger partial charge on any atom is -0.207 e. The van der Waals surface area contributed by atoms with E-state index < -0.39 is 11.6 Å². The Morgan fingerprint density at radius 2 is 1.06 bits per heavy atom. The Hall–Kier alpha value is -1.70. The molecule has 0 aromatic heterocycles. The molecule has 2 rings (SSSR count). The first kappa shape index (κ1) is 10.8. The minimum absolute atomic E-state index is 0.547. The summed E-state index contributed by atoms with van der Waals surface area (Å²) in [6.45, 7) is 3.93. The fourth-order valence-corrected chi connectivity index (χ4v) is 1.86. The van der Waals surface area contributed by atoms with Crippen molar-refractivity contribution in [1.29, 1.82) is 0 Å². The molecular formula is C14H12F2. The standard InChI is InChI=1S/C14H12F2/c1-9-3-10(2)5-11(4-9)12-6-13(15)8-14(16)7-12/h3-8H,1-2H3. The third-order valence-electron chi connectivity index (χ3n) is 2.42. The van der Waals surface area contributed by atoms with Gasteiger partial charge in [-0.25, -0.2) is 8.78 Å². The normalized spacial score (nSPS) is 10.5. The second-order valence-corrected chi connectivity index (χ2v) is 4.03. The molecule has 0 saturated carbocycles. The summed E-state index contributed by atoms with van der Waals surface area (Å²) in [5.74, 6) is -1.09. The Morgan fingerprint density at radius 1 is 0.625 bits per heavy atom. The highest BCUT2D eigenvalue weighted by molar-refractivity contribution is 5.65. The molecule has 0 nitrogen and oxygen atoms in total. The summed E-state index contributed by atoms with van der Waals surface area (Å²) in [6.07, 6.45) is 0. The molecule has 0 radical (unpaired) electrons. The van der Waals surface area contributed by atoms with Gasteiger partial charge in [0.25, 0.3) is 0 Å². The van der Waals surface area contributed by atoms with E-state index in [0.717, 1.165) is 22.8 Å². The third-order valence-corrected chi connectivity index (χ3v) is 2.42. The Kier molecular flexibility index (Phi) is 2.73. The van der Waals surface area contributed by atoms with Crippen LogP contribution >= 0.6 is 0 Å². The molecule has 16 heavy (non-hydrogen) atoms.